The minimum Gasteiger partial charge on any atom is -0.371 e. The van der Waals surface area contributed by atoms with E-state index in [1.54, 1.807) is 29.2 Å². The second-order valence-corrected chi connectivity index (χ2v) is 8.01. The number of rotatable bonds is 6. The van der Waals surface area contributed by atoms with Gasteiger partial charge in [0.15, 0.2) is 0 Å². The third-order valence-electron chi connectivity index (χ3n) is 5.61. The van der Waals surface area contributed by atoms with Crippen LogP contribution in [-0.4, -0.2) is 37.0 Å². The van der Waals surface area contributed by atoms with Gasteiger partial charge in [-0.2, -0.15) is 0 Å². The average Bonchev–Trinajstić information content (AvgIpc) is 3.35. The monoisotopic (exact) mass is 428 g/mol. The molecular weight excluding hydrogens is 400 g/mol. The Bertz CT molecular complexity index is 1060. The van der Waals surface area contributed by atoms with Gasteiger partial charge in [-0.1, -0.05) is 36.4 Å². The number of hydrogen-bond donors (Lipinski definition) is 2. The maximum absolute atomic E-state index is 13.0. The van der Waals surface area contributed by atoms with Gasteiger partial charge >= 0.3 is 6.03 Å². The Morgan fingerprint density at radius 3 is 2.09 bits per heavy atom. The summed E-state index contributed by atoms with van der Waals surface area (Å²) in [5.41, 5.74) is 4.29. The van der Waals surface area contributed by atoms with Gasteiger partial charge in [0.2, 0.25) is 0 Å². The number of nitrogens with zero attached hydrogens (tertiary/aromatic N) is 2. The number of nitrogens with one attached hydrogen (secondary N) is 2. The van der Waals surface area contributed by atoms with Crippen molar-refractivity contribution in [2.45, 2.75) is 19.4 Å². The third-order valence-corrected chi connectivity index (χ3v) is 5.61. The molecule has 0 bridgehead atoms. The topological polar surface area (TPSA) is 64.7 Å². The second kappa shape index (κ2) is 10.0. The number of para-hydroxylation sites is 2. The number of amides is 3. The van der Waals surface area contributed by atoms with Gasteiger partial charge in [-0.25, -0.2) is 4.79 Å². The van der Waals surface area contributed by atoms with Crippen molar-refractivity contribution < 1.29 is 9.59 Å². The van der Waals surface area contributed by atoms with Gasteiger partial charge in [-0.3, -0.25) is 4.79 Å². The van der Waals surface area contributed by atoms with Crippen molar-refractivity contribution >= 4 is 29.0 Å². The predicted octanol–water partition coefficient (Wildman–Crippen LogP) is 5.20. The zero-order chi connectivity index (χ0) is 22.3. The first-order valence-electron chi connectivity index (χ1n) is 10.9. The molecule has 0 aromatic heterocycles. The SMILES string of the molecule is CN(Cc1ccccc1N1CCCC1)C(=O)c1ccc(NC(=O)Nc2ccccc2)cc1. The van der Waals surface area contributed by atoms with E-state index in [4.69, 9.17) is 0 Å². The number of urea groups is 1. The molecule has 0 atom stereocenters. The van der Waals surface area contributed by atoms with E-state index in [0.717, 1.165) is 18.7 Å². The number of carbonyl (C=O) groups excluding carboxylic acids is 2. The highest BCUT2D eigenvalue weighted by Crippen LogP contribution is 2.26. The molecule has 4 rings (SSSR count). The first-order chi connectivity index (χ1) is 15.6. The van der Waals surface area contributed by atoms with Gasteiger partial charge in [-0.15, -0.1) is 0 Å². The fourth-order valence-electron chi connectivity index (χ4n) is 3.97. The highest BCUT2D eigenvalue weighted by atomic mass is 16.2. The highest BCUT2D eigenvalue weighted by Gasteiger charge is 2.18. The van der Waals surface area contributed by atoms with Crippen LogP contribution in [0.5, 0.6) is 0 Å². The van der Waals surface area contributed by atoms with Crippen molar-refractivity contribution in [3.63, 3.8) is 0 Å². The standard InChI is InChI=1S/C26H28N4O2/c1-29(19-21-9-5-6-12-24(21)30-17-7-8-18-30)25(31)20-13-15-23(16-14-20)28-26(32)27-22-10-3-2-4-11-22/h2-6,9-16H,7-8,17-19H2,1H3,(H2,27,28,32). The number of hydrogen-bond acceptors (Lipinski definition) is 3. The zero-order valence-corrected chi connectivity index (χ0v) is 18.3. The maximum Gasteiger partial charge on any atom is 0.323 e. The smallest absolute Gasteiger partial charge is 0.323 e. The second-order valence-electron chi connectivity index (χ2n) is 8.01. The van der Waals surface area contributed by atoms with Crippen molar-refractivity contribution in [3.05, 3.63) is 90.0 Å². The third kappa shape index (κ3) is 5.27. The average molecular weight is 429 g/mol. The van der Waals surface area contributed by atoms with E-state index in [1.807, 2.05) is 43.4 Å². The minimum absolute atomic E-state index is 0.0542. The molecule has 0 aliphatic carbocycles. The lowest BCUT2D eigenvalue weighted by Gasteiger charge is -2.24. The van der Waals surface area contributed by atoms with E-state index in [1.165, 1.54) is 18.5 Å². The maximum atomic E-state index is 13.0. The molecule has 1 saturated heterocycles. The fraction of sp³-hybridized carbons (Fsp3) is 0.231. The Morgan fingerprint density at radius 1 is 0.812 bits per heavy atom. The molecule has 6 heteroatoms. The van der Waals surface area contributed by atoms with Crippen LogP contribution >= 0.6 is 0 Å². The van der Waals surface area contributed by atoms with Crippen molar-refractivity contribution in [1.29, 1.82) is 0 Å². The molecule has 0 unspecified atom stereocenters. The van der Waals surface area contributed by atoms with E-state index in [0.29, 0.717) is 23.5 Å². The summed E-state index contributed by atoms with van der Waals surface area (Å²) in [7, 11) is 1.82. The molecule has 32 heavy (non-hydrogen) atoms. The quantitative estimate of drug-likeness (QED) is 0.567. The van der Waals surface area contributed by atoms with Gasteiger partial charge in [0.1, 0.15) is 0 Å². The Hall–Kier alpha value is -3.80. The van der Waals surface area contributed by atoms with Crippen LogP contribution in [0, 0.1) is 0 Å². The summed E-state index contributed by atoms with van der Waals surface area (Å²) in [6.07, 6.45) is 2.43. The molecule has 2 N–H and O–H groups in total. The molecule has 1 aliphatic rings. The molecule has 1 aliphatic heterocycles. The molecule has 1 fully saturated rings. The van der Waals surface area contributed by atoms with E-state index >= 15 is 0 Å². The highest BCUT2D eigenvalue weighted by molar-refractivity contribution is 6.00. The molecular formula is C26H28N4O2. The Kier molecular flexibility index (Phi) is 6.70. The fourth-order valence-corrected chi connectivity index (χ4v) is 3.97. The predicted molar refractivity (Wildman–Crippen MR) is 129 cm³/mol. The lowest BCUT2D eigenvalue weighted by Crippen LogP contribution is -2.28. The molecule has 0 spiro atoms. The van der Waals surface area contributed by atoms with Crippen LogP contribution in [0.25, 0.3) is 0 Å². The van der Waals surface area contributed by atoms with Gasteiger partial charge in [0, 0.05) is 49.3 Å². The summed E-state index contributed by atoms with van der Waals surface area (Å²) >= 11 is 0. The van der Waals surface area contributed by atoms with Crippen molar-refractivity contribution in [3.8, 4) is 0 Å². The van der Waals surface area contributed by atoms with Crippen LogP contribution in [0.3, 0.4) is 0 Å². The summed E-state index contributed by atoms with van der Waals surface area (Å²) < 4.78 is 0. The van der Waals surface area contributed by atoms with Crippen LogP contribution in [0.2, 0.25) is 0 Å². The van der Waals surface area contributed by atoms with Crippen LogP contribution < -0.4 is 15.5 Å². The Morgan fingerprint density at radius 2 is 1.41 bits per heavy atom. The van der Waals surface area contributed by atoms with Crippen LogP contribution in [0.4, 0.5) is 21.9 Å². The van der Waals surface area contributed by atoms with Crippen molar-refractivity contribution in [2.24, 2.45) is 0 Å². The minimum atomic E-state index is -0.328. The zero-order valence-electron chi connectivity index (χ0n) is 18.3. The molecule has 6 nitrogen and oxygen atoms in total. The summed E-state index contributed by atoms with van der Waals surface area (Å²) in [5, 5.41) is 5.56. The van der Waals surface area contributed by atoms with Gasteiger partial charge < -0.3 is 20.4 Å². The summed E-state index contributed by atoms with van der Waals surface area (Å²) in [6.45, 7) is 2.69. The van der Waals surface area contributed by atoms with Crippen molar-refractivity contribution in [2.75, 3.05) is 35.7 Å². The lowest BCUT2D eigenvalue weighted by molar-refractivity contribution is 0.0785. The van der Waals surface area contributed by atoms with Gasteiger partial charge in [0.25, 0.3) is 5.91 Å². The first-order valence-corrected chi connectivity index (χ1v) is 10.9. The van der Waals surface area contributed by atoms with E-state index in [9.17, 15) is 9.59 Å². The van der Waals surface area contributed by atoms with E-state index in [-0.39, 0.29) is 11.9 Å². The molecule has 3 aromatic carbocycles. The van der Waals surface area contributed by atoms with Gasteiger partial charge in [0.05, 0.1) is 0 Å². The normalized spacial score (nSPS) is 13.0. The number of carbonyl (C=O) groups is 2. The molecule has 0 radical (unpaired) electrons. The van der Waals surface area contributed by atoms with Crippen molar-refractivity contribution in [1.82, 2.24) is 4.90 Å². The molecule has 164 valence electrons. The van der Waals surface area contributed by atoms with E-state index < -0.39 is 0 Å². The number of anilines is 3. The summed E-state index contributed by atoms with van der Waals surface area (Å²) in [5.74, 6) is -0.0542. The molecule has 1 heterocycles. The van der Waals surface area contributed by atoms with Crippen LogP contribution in [-0.2, 0) is 6.54 Å². The Labute approximate surface area is 188 Å². The molecule has 3 amide bonds. The summed E-state index contributed by atoms with van der Waals surface area (Å²) in [4.78, 5) is 29.3. The van der Waals surface area contributed by atoms with E-state index in [2.05, 4.69) is 33.7 Å². The van der Waals surface area contributed by atoms with Crippen LogP contribution in [0.1, 0.15) is 28.8 Å². The summed E-state index contributed by atoms with van der Waals surface area (Å²) in [6, 6.07) is 24.2. The largest absolute Gasteiger partial charge is 0.371 e. The Balaban J connectivity index is 1.37. The molecule has 0 saturated carbocycles. The lowest BCUT2D eigenvalue weighted by atomic mass is 10.1. The molecule has 3 aromatic rings. The first kappa shape index (κ1) is 21.4. The number of benzene rings is 3. The van der Waals surface area contributed by atoms with Gasteiger partial charge in [-0.05, 0) is 60.9 Å². The van der Waals surface area contributed by atoms with Crippen LogP contribution in [0.15, 0.2) is 78.9 Å².